The predicted octanol–water partition coefficient (Wildman–Crippen LogP) is 0.616. The van der Waals surface area contributed by atoms with Crippen LogP contribution in [0.25, 0.3) is 0 Å². The second-order valence-corrected chi connectivity index (χ2v) is 3.41. The lowest BCUT2D eigenvalue weighted by Gasteiger charge is -1.98. The molecule has 2 heteroatoms. The van der Waals surface area contributed by atoms with Gasteiger partial charge in [-0.15, -0.1) is 0 Å². The maximum atomic E-state index is 5.75. The van der Waals surface area contributed by atoms with Crippen LogP contribution >= 0.6 is 0 Å². The van der Waals surface area contributed by atoms with E-state index in [0.717, 1.165) is 6.61 Å². The SMILES string of the molecule is COC[C@H]1[C@H](N)C1(C)C. The lowest BCUT2D eigenvalue weighted by molar-refractivity contribution is 0.174. The van der Waals surface area contributed by atoms with Gasteiger partial charge in [0.2, 0.25) is 0 Å². The van der Waals surface area contributed by atoms with Gasteiger partial charge in [0, 0.05) is 19.1 Å². The van der Waals surface area contributed by atoms with Crippen LogP contribution in [-0.2, 0) is 4.74 Å². The van der Waals surface area contributed by atoms with Crippen LogP contribution in [0.3, 0.4) is 0 Å². The van der Waals surface area contributed by atoms with E-state index in [1.54, 1.807) is 7.11 Å². The minimum atomic E-state index is 0.329. The first-order chi connectivity index (χ1) is 4.10. The Bertz CT molecular complexity index is 111. The summed E-state index contributed by atoms with van der Waals surface area (Å²) in [5.74, 6) is 0.586. The fraction of sp³-hybridized carbons (Fsp3) is 1.00. The smallest absolute Gasteiger partial charge is 0.0511 e. The Morgan fingerprint density at radius 1 is 1.56 bits per heavy atom. The van der Waals surface area contributed by atoms with Crippen molar-refractivity contribution < 1.29 is 4.74 Å². The molecule has 1 saturated carbocycles. The summed E-state index contributed by atoms with van der Waals surface area (Å²) in [5.41, 5.74) is 6.08. The molecule has 9 heavy (non-hydrogen) atoms. The second kappa shape index (κ2) is 1.96. The van der Waals surface area contributed by atoms with Crippen molar-refractivity contribution in [3.8, 4) is 0 Å². The Kier molecular flexibility index (Phi) is 1.53. The first kappa shape index (κ1) is 7.03. The summed E-state index contributed by atoms with van der Waals surface area (Å²) in [4.78, 5) is 0. The van der Waals surface area contributed by atoms with Gasteiger partial charge in [0.25, 0.3) is 0 Å². The number of ether oxygens (including phenoxy) is 1. The third-order valence-electron chi connectivity index (χ3n) is 2.49. The molecule has 0 aromatic rings. The van der Waals surface area contributed by atoms with E-state index >= 15 is 0 Å². The van der Waals surface area contributed by atoms with E-state index in [0.29, 0.717) is 17.4 Å². The normalized spacial score (nSPS) is 38.7. The first-order valence-electron chi connectivity index (χ1n) is 3.35. The highest BCUT2D eigenvalue weighted by Gasteiger charge is 2.55. The van der Waals surface area contributed by atoms with Gasteiger partial charge in [-0.2, -0.15) is 0 Å². The van der Waals surface area contributed by atoms with Crippen LogP contribution in [0, 0.1) is 11.3 Å². The molecule has 0 heterocycles. The van der Waals surface area contributed by atoms with Crippen LogP contribution in [0.4, 0.5) is 0 Å². The standard InChI is InChI=1S/C7H15NO/c1-7(2)5(4-9-3)6(7)8/h5-6H,4,8H2,1-3H3/t5-,6-/m0/s1. The van der Waals surface area contributed by atoms with Gasteiger partial charge in [-0.1, -0.05) is 13.8 Å². The van der Waals surface area contributed by atoms with E-state index in [1.165, 1.54) is 0 Å². The zero-order valence-corrected chi connectivity index (χ0v) is 6.35. The summed E-state index contributed by atoms with van der Waals surface area (Å²) in [6.07, 6.45) is 0. The van der Waals surface area contributed by atoms with Crippen LogP contribution in [0.15, 0.2) is 0 Å². The van der Waals surface area contributed by atoms with Crippen molar-refractivity contribution in [1.82, 2.24) is 0 Å². The average Bonchev–Trinajstić information content (AvgIpc) is 2.19. The second-order valence-electron chi connectivity index (χ2n) is 3.41. The van der Waals surface area contributed by atoms with E-state index in [4.69, 9.17) is 10.5 Å². The van der Waals surface area contributed by atoms with Crippen LogP contribution < -0.4 is 5.73 Å². The Hall–Kier alpha value is -0.0800. The molecule has 1 aliphatic rings. The molecule has 1 aliphatic carbocycles. The van der Waals surface area contributed by atoms with Crippen molar-refractivity contribution in [1.29, 1.82) is 0 Å². The van der Waals surface area contributed by atoms with Gasteiger partial charge in [-0.05, 0) is 5.41 Å². The molecule has 0 saturated heterocycles. The van der Waals surface area contributed by atoms with Gasteiger partial charge in [0.15, 0.2) is 0 Å². The molecule has 0 bridgehead atoms. The molecular formula is C7H15NO. The Morgan fingerprint density at radius 3 is 2.11 bits per heavy atom. The number of hydrogen-bond donors (Lipinski definition) is 1. The Labute approximate surface area is 56.4 Å². The van der Waals surface area contributed by atoms with Gasteiger partial charge in [-0.25, -0.2) is 0 Å². The molecule has 0 aliphatic heterocycles. The third-order valence-corrected chi connectivity index (χ3v) is 2.49. The average molecular weight is 129 g/mol. The third kappa shape index (κ3) is 0.970. The molecule has 0 spiro atoms. The van der Waals surface area contributed by atoms with Crippen LogP contribution in [-0.4, -0.2) is 19.8 Å². The molecule has 1 rings (SSSR count). The van der Waals surface area contributed by atoms with Gasteiger partial charge in [0.05, 0.1) is 6.61 Å². The van der Waals surface area contributed by atoms with E-state index < -0.39 is 0 Å². The lowest BCUT2D eigenvalue weighted by atomic mass is 10.1. The van der Waals surface area contributed by atoms with E-state index in [1.807, 2.05) is 0 Å². The monoisotopic (exact) mass is 129 g/mol. The quantitative estimate of drug-likeness (QED) is 0.593. The highest BCUT2D eigenvalue weighted by molar-refractivity contribution is 5.08. The zero-order valence-electron chi connectivity index (χ0n) is 6.35. The zero-order chi connectivity index (χ0) is 7.07. The molecule has 1 fully saturated rings. The summed E-state index contributed by atoms with van der Waals surface area (Å²) in [7, 11) is 1.72. The van der Waals surface area contributed by atoms with E-state index in [9.17, 15) is 0 Å². The maximum absolute atomic E-state index is 5.75. The van der Waals surface area contributed by atoms with Crippen molar-refractivity contribution in [2.45, 2.75) is 19.9 Å². The number of methoxy groups -OCH3 is 1. The van der Waals surface area contributed by atoms with Gasteiger partial charge in [-0.3, -0.25) is 0 Å². The molecule has 0 radical (unpaired) electrons. The van der Waals surface area contributed by atoms with Crippen LogP contribution in [0.5, 0.6) is 0 Å². The Balaban J connectivity index is 2.33. The minimum Gasteiger partial charge on any atom is -0.384 e. The van der Waals surface area contributed by atoms with Crippen LogP contribution in [0.1, 0.15) is 13.8 Å². The largest absolute Gasteiger partial charge is 0.384 e. The van der Waals surface area contributed by atoms with Gasteiger partial charge in [0.1, 0.15) is 0 Å². The molecule has 0 aromatic heterocycles. The van der Waals surface area contributed by atoms with Crippen molar-refractivity contribution in [2.75, 3.05) is 13.7 Å². The van der Waals surface area contributed by atoms with Crippen LogP contribution in [0.2, 0.25) is 0 Å². The first-order valence-corrected chi connectivity index (χ1v) is 3.35. The highest BCUT2D eigenvalue weighted by atomic mass is 16.5. The molecule has 0 aromatic carbocycles. The molecular weight excluding hydrogens is 114 g/mol. The molecule has 0 amide bonds. The van der Waals surface area contributed by atoms with Crippen molar-refractivity contribution in [3.05, 3.63) is 0 Å². The van der Waals surface area contributed by atoms with Crippen molar-refractivity contribution in [3.63, 3.8) is 0 Å². The summed E-state index contributed by atoms with van der Waals surface area (Å²) >= 11 is 0. The van der Waals surface area contributed by atoms with Gasteiger partial charge >= 0.3 is 0 Å². The summed E-state index contributed by atoms with van der Waals surface area (Å²) < 4.78 is 4.99. The minimum absolute atomic E-state index is 0.329. The molecule has 2 atom stereocenters. The molecule has 2 nitrogen and oxygen atoms in total. The topological polar surface area (TPSA) is 35.2 Å². The van der Waals surface area contributed by atoms with Gasteiger partial charge < -0.3 is 10.5 Å². The lowest BCUT2D eigenvalue weighted by Crippen LogP contribution is -2.07. The maximum Gasteiger partial charge on any atom is 0.0511 e. The summed E-state index contributed by atoms with van der Waals surface area (Å²) in [6, 6.07) is 0.359. The van der Waals surface area contributed by atoms with Crippen molar-refractivity contribution in [2.24, 2.45) is 17.1 Å². The fourth-order valence-corrected chi connectivity index (χ4v) is 1.28. The molecule has 2 N–H and O–H groups in total. The number of nitrogens with two attached hydrogens (primary N) is 1. The predicted molar refractivity (Wildman–Crippen MR) is 37.1 cm³/mol. The van der Waals surface area contributed by atoms with Crippen molar-refractivity contribution >= 4 is 0 Å². The fourth-order valence-electron chi connectivity index (χ4n) is 1.28. The summed E-state index contributed by atoms with van der Waals surface area (Å²) in [6.45, 7) is 5.18. The molecule has 0 unspecified atom stereocenters. The number of rotatable bonds is 2. The number of hydrogen-bond acceptors (Lipinski definition) is 2. The van der Waals surface area contributed by atoms with E-state index in [2.05, 4.69) is 13.8 Å². The van der Waals surface area contributed by atoms with E-state index in [-0.39, 0.29) is 0 Å². The summed E-state index contributed by atoms with van der Waals surface area (Å²) in [5, 5.41) is 0. The molecule has 54 valence electrons. The Morgan fingerprint density at radius 2 is 2.00 bits per heavy atom. The highest BCUT2D eigenvalue weighted by Crippen LogP contribution is 2.50.